The van der Waals surface area contributed by atoms with Crippen molar-refractivity contribution in [3.63, 3.8) is 0 Å². The van der Waals surface area contributed by atoms with Crippen LogP contribution >= 0.6 is 11.3 Å². The lowest BCUT2D eigenvalue weighted by molar-refractivity contribution is 1.25. The van der Waals surface area contributed by atoms with E-state index in [1.54, 1.807) is 0 Å². The molecule has 3 heteroatoms. The SMILES string of the molecule is Cc1csc(C(C#N)=Cc2ccccc2)n1. The van der Waals surface area contributed by atoms with Crippen LogP contribution in [0.3, 0.4) is 0 Å². The minimum atomic E-state index is 0.615. The summed E-state index contributed by atoms with van der Waals surface area (Å²) in [5.41, 5.74) is 2.59. The Morgan fingerprint density at radius 3 is 2.69 bits per heavy atom. The van der Waals surface area contributed by atoms with Gasteiger partial charge in [-0.25, -0.2) is 4.98 Å². The number of rotatable bonds is 2. The third kappa shape index (κ3) is 2.36. The molecule has 0 saturated carbocycles. The van der Waals surface area contributed by atoms with Crippen molar-refractivity contribution >= 4 is 23.0 Å². The summed E-state index contributed by atoms with van der Waals surface area (Å²) in [4.78, 5) is 4.31. The summed E-state index contributed by atoms with van der Waals surface area (Å²) in [6, 6.07) is 12.0. The van der Waals surface area contributed by atoms with Gasteiger partial charge in [0.1, 0.15) is 11.1 Å². The first-order valence-electron chi connectivity index (χ1n) is 4.89. The summed E-state index contributed by atoms with van der Waals surface area (Å²) in [7, 11) is 0. The molecule has 78 valence electrons. The van der Waals surface area contributed by atoms with E-state index in [4.69, 9.17) is 5.26 Å². The van der Waals surface area contributed by atoms with Gasteiger partial charge in [0.25, 0.3) is 0 Å². The second-order valence-electron chi connectivity index (χ2n) is 3.37. The van der Waals surface area contributed by atoms with Crippen molar-refractivity contribution < 1.29 is 0 Å². The van der Waals surface area contributed by atoms with Gasteiger partial charge in [-0.1, -0.05) is 30.3 Å². The number of benzene rings is 1. The topological polar surface area (TPSA) is 36.7 Å². The van der Waals surface area contributed by atoms with Crippen LogP contribution in [0.15, 0.2) is 35.7 Å². The predicted octanol–water partition coefficient (Wildman–Crippen LogP) is 3.52. The Balaban J connectivity index is 2.38. The van der Waals surface area contributed by atoms with E-state index in [0.717, 1.165) is 16.3 Å². The first-order valence-corrected chi connectivity index (χ1v) is 5.77. The summed E-state index contributed by atoms with van der Waals surface area (Å²) < 4.78 is 0. The Labute approximate surface area is 98.5 Å². The number of aromatic nitrogens is 1. The van der Waals surface area contributed by atoms with Crippen molar-refractivity contribution in [3.8, 4) is 6.07 Å². The van der Waals surface area contributed by atoms with E-state index in [1.807, 2.05) is 48.7 Å². The first kappa shape index (κ1) is 10.6. The maximum atomic E-state index is 9.10. The van der Waals surface area contributed by atoms with Gasteiger partial charge in [-0.15, -0.1) is 11.3 Å². The molecule has 0 saturated heterocycles. The van der Waals surface area contributed by atoms with Crippen LogP contribution in [-0.2, 0) is 0 Å². The smallest absolute Gasteiger partial charge is 0.134 e. The van der Waals surface area contributed by atoms with Gasteiger partial charge in [0.15, 0.2) is 0 Å². The fourth-order valence-electron chi connectivity index (χ4n) is 1.34. The highest BCUT2D eigenvalue weighted by Gasteiger charge is 2.04. The lowest BCUT2D eigenvalue weighted by Gasteiger charge is -1.94. The first-order chi connectivity index (χ1) is 7.79. The molecule has 0 N–H and O–H groups in total. The maximum Gasteiger partial charge on any atom is 0.134 e. The number of hydrogen-bond donors (Lipinski definition) is 0. The fourth-order valence-corrected chi connectivity index (χ4v) is 2.10. The summed E-state index contributed by atoms with van der Waals surface area (Å²) in [5.74, 6) is 0. The van der Waals surface area contributed by atoms with Crippen LogP contribution in [0.5, 0.6) is 0 Å². The number of nitrogens with zero attached hydrogens (tertiary/aromatic N) is 2. The van der Waals surface area contributed by atoms with Crippen molar-refractivity contribution in [1.82, 2.24) is 4.98 Å². The van der Waals surface area contributed by atoms with Crippen LogP contribution in [0.2, 0.25) is 0 Å². The number of nitriles is 1. The predicted molar refractivity (Wildman–Crippen MR) is 66.8 cm³/mol. The third-order valence-electron chi connectivity index (χ3n) is 2.08. The number of allylic oxidation sites excluding steroid dienone is 1. The molecule has 0 spiro atoms. The molecule has 0 aliphatic heterocycles. The normalized spacial score (nSPS) is 11.1. The number of thiazole rings is 1. The zero-order valence-electron chi connectivity index (χ0n) is 8.84. The van der Waals surface area contributed by atoms with Crippen molar-refractivity contribution in [2.45, 2.75) is 6.92 Å². The molecule has 0 radical (unpaired) electrons. The molecule has 1 aromatic carbocycles. The zero-order chi connectivity index (χ0) is 11.4. The monoisotopic (exact) mass is 226 g/mol. The average Bonchev–Trinajstić information content (AvgIpc) is 2.74. The van der Waals surface area contributed by atoms with E-state index in [-0.39, 0.29) is 0 Å². The van der Waals surface area contributed by atoms with E-state index in [0.29, 0.717) is 5.57 Å². The second kappa shape index (κ2) is 4.73. The van der Waals surface area contributed by atoms with Crippen molar-refractivity contribution in [2.75, 3.05) is 0 Å². The van der Waals surface area contributed by atoms with E-state index in [1.165, 1.54) is 11.3 Å². The molecule has 1 aromatic heterocycles. The lowest BCUT2D eigenvalue weighted by atomic mass is 10.1. The molecule has 0 amide bonds. The number of hydrogen-bond acceptors (Lipinski definition) is 3. The Kier molecular flexibility index (Phi) is 3.13. The van der Waals surface area contributed by atoms with Gasteiger partial charge < -0.3 is 0 Å². The summed E-state index contributed by atoms with van der Waals surface area (Å²) in [5, 5.41) is 11.8. The average molecular weight is 226 g/mol. The Morgan fingerprint density at radius 1 is 1.38 bits per heavy atom. The highest BCUT2D eigenvalue weighted by Crippen LogP contribution is 2.21. The molecule has 2 rings (SSSR count). The molecule has 2 nitrogen and oxygen atoms in total. The van der Waals surface area contributed by atoms with Gasteiger partial charge >= 0.3 is 0 Å². The highest BCUT2D eigenvalue weighted by molar-refractivity contribution is 7.11. The molecule has 0 unspecified atom stereocenters. The van der Waals surface area contributed by atoms with Crippen LogP contribution in [0.25, 0.3) is 11.6 Å². The number of aryl methyl sites for hydroxylation is 1. The Hall–Kier alpha value is -1.92. The molecule has 0 fully saturated rings. The molecule has 2 aromatic rings. The van der Waals surface area contributed by atoms with Gasteiger partial charge in [0.2, 0.25) is 0 Å². The van der Waals surface area contributed by atoms with Gasteiger partial charge in [-0.3, -0.25) is 0 Å². The van der Waals surface area contributed by atoms with E-state index < -0.39 is 0 Å². The molecular formula is C13H10N2S. The van der Waals surface area contributed by atoms with Crippen molar-refractivity contribution in [2.24, 2.45) is 0 Å². The van der Waals surface area contributed by atoms with E-state index >= 15 is 0 Å². The summed E-state index contributed by atoms with van der Waals surface area (Å²) in [6.45, 7) is 1.93. The van der Waals surface area contributed by atoms with Gasteiger partial charge in [-0.05, 0) is 18.6 Å². The highest BCUT2D eigenvalue weighted by atomic mass is 32.1. The molecule has 16 heavy (non-hydrogen) atoms. The van der Waals surface area contributed by atoms with E-state index in [2.05, 4.69) is 11.1 Å². The zero-order valence-corrected chi connectivity index (χ0v) is 9.66. The quantitative estimate of drug-likeness (QED) is 0.735. The fraction of sp³-hybridized carbons (Fsp3) is 0.0769. The molecular weight excluding hydrogens is 216 g/mol. The van der Waals surface area contributed by atoms with E-state index in [9.17, 15) is 0 Å². The largest absolute Gasteiger partial charge is 0.241 e. The summed E-state index contributed by atoms with van der Waals surface area (Å²) >= 11 is 1.50. The minimum absolute atomic E-state index is 0.615. The molecule has 0 aliphatic rings. The molecule has 0 bridgehead atoms. The second-order valence-corrected chi connectivity index (χ2v) is 4.23. The standard InChI is InChI=1S/C13H10N2S/c1-10-9-16-13(15-10)12(8-14)7-11-5-3-2-4-6-11/h2-7,9H,1H3. The van der Waals surface area contributed by atoms with Crippen LogP contribution in [-0.4, -0.2) is 4.98 Å². The van der Waals surface area contributed by atoms with Gasteiger partial charge in [0.05, 0.1) is 5.57 Å². The third-order valence-corrected chi connectivity index (χ3v) is 3.07. The summed E-state index contributed by atoms with van der Waals surface area (Å²) in [6.07, 6.45) is 1.86. The molecule has 0 atom stereocenters. The Bertz CT molecular complexity index is 547. The Morgan fingerprint density at radius 2 is 2.12 bits per heavy atom. The van der Waals surface area contributed by atoms with Crippen LogP contribution in [0, 0.1) is 18.3 Å². The molecule has 0 aliphatic carbocycles. The minimum Gasteiger partial charge on any atom is -0.241 e. The van der Waals surface area contributed by atoms with Crippen LogP contribution in [0.1, 0.15) is 16.3 Å². The molecule has 1 heterocycles. The van der Waals surface area contributed by atoms with Crippen LogP contribution < -0.4 is 0 Å². The lowest BCUT2D eigenvalue weighted by Crippen LogP contribution is -1.81. The van der Waals surface area contributed by atoms with Crippen molar-refractivity contribution in [1.29, 1.82) is 5.26 Å². The van der Waals surface area contributed by atoms with Gasteiger partial charge in [0, 0.05) is 11.1 Å². The van der Waals surface area contributed by atoms with Crippen LogP contribution in [0.4, 0.5) is 0 Å². The maximum absolute atomic E-state index is 9.10. The van der Waals surface area contributed by atoms with Gasteiger partial charge in [-0.2, -0.15) is 5.26 Å². The van der Waals surface area contributed by atoms with Crippen molar-refractivity contribution in [3.05, 3.63) is 52.0 Å².